The molecule has 5 heterocycles. The van der Waals surface area contributed by atoms with Gasteiger partial charge in [0.05, 0.1) is 34.8 Å². The van der Waals surface area contributed by atoms with Crippen LogP contribution >= 0.6 is 0 Å². The molecule has 4 amide bonds. The summed E-state index contributed by atoms with van der Waals surface area (Å²) in [5.74, 6) is -1.81. The first kappa shape index (κ1) is 39.6. The molecule has 6 aromatic rings. The Balaban J connectivity index is 1.38. The van der Waals surface area contributed by atoms with E-state index in [4.69, 9.17) is 21.9 Å². The first-order chi connectivity index (χ1) is 27.3. The smallest absolute Gasteiger partial charge is 0.278 e. The number of hydrogen-bond donors (Lipinski definition) is 6. The van der Waals surface area contributed by atoms with Gasteiger partial charge in [0.2, 0.25) is 23.7 Å². The number of nitrogens with one attached hydrogen (secondary N) is 2. The maximum absolute atomic E-state index is 13.8. The molecular weight excluding hydrogens is 736 g/mol. The molecule has 1 aromatic carbocycles. The van der Waals surface area contributed by atoms with Crippen LogP contribution in [0.3, 0.4) is 0 Å². The molecule has 5 aromatic heterocycles. The largest absolute Gasteiger partial charge is 0.491 e. The molecule has 0 bridgehead atoms. The Labute approximate surface area is 325 Å². The fourth-order valence-electron chi connectivity index (χ4n) is 6.28. The molecule has 57 heavy (non-hydrogen) atoms. The number of carbonyl (C=O) groups is 4. The number of nitrogen functional groups attached to an aromatic ring is 1. The van der Waals surface area contributed by atoms with E-state index < -0.39 is 23.6 Å². The number of pyridine rings is 1. The van der Waals surface area contributed by atoms with Gasteiger partial charge in [0.25, 0.3) is 11.8 Å². The lowest BCUT2D eigenvalue weighted by Crippen LogP contribution is -2.21. The van der Waals surface area contributed by atoms with E-state index in [1.807, 2.05) is 13.8 Å². The summed E-state index contributed by atoms with van der Waals surface area (Å²) in [7, 11) is 0. The van der Waals surface area contributed by atoms with E-state index in [0.29, 0.717) is 65.2 Å². The standard InChI is InChI=1S/C37H44N14O6/c1-5-50-26(15-20(3)46-50)34(55)44-37-43-25-17-23(32(40)54)19-41-33(25)49(37)12-8-7-11-48-29-24(16-22(31(39)53)18-27(29)57-14-10-9-13-52)42-36(48)45-35(56)30-28(38)21(4)47-51(30)6-2/h7-8,15-19,52H,5-6,9-14,38H2,1-4H3,(H2,39,53)(H2,40,54)(H,42,45,56)(H,43,44,55)/b8-7+. The van der Waals surface area contributed by atoms with Gasteiger partial charge in [-0.3, -0.25) is 43.7 Å². The molecule has 0 saturated heterocycles. The van der Waals surface area contributed by atoms with Gasteiger partial charge in [-0.25, -0.2) is 15.0 Å². The summed E-state index contributed by atoms with van der Waals surface area (Å²) in [6.45, 7) is 8.54. The second-order valence-electron chi connectivity index (χ2n) is 13.0. The molecule has 9 N–H and O–H groups in total. The van der Waals surface area contributed by atoms with Crippen molar-refractivity contribution >= 4 is 63.4 Å². The van der Waals surface area contributed by atoms with Crippen molar-refractivity contribution in [1.29, 1.82) is 0 Å². The van der Waals surface area contributed by atoms with E-state index in [2.05, 4.69) is 35.8 Å². The van der Waals surface area contributed by atoms with Crippen molar-refractivity contribution in [3.63, 3.8) is 0 Å². The number of fused-ring (bicyclic) bond motifs is 2. The molecule has 0 atom stereocenters. The average molecular weight is 781 g/mol. The average Bonchev–Trinajstić information content (AvgIpc) is 3.92. The third-order valence-corrected chi connectivity index (χ3v) is 9.09. The highest BCUT2D eigenvalue weighted by atomic mass is 16.5. The zero-order valence-corrected chi connectivity index (χ0v) is 31.9. The summed E-state index contributed by atoms with van der Waals surface area (Å²) in [6, 6.07) is 6.18. The molecule has 0 aliphatic heterocycles. The molecule has 0 fully saturated rings. The van der Waals surface area contributed by atoms with Gasteiger partial charge < -0.3 is 31.6 Å². The monoisotopic (exact) mass is 780 g/mol. The zero-order chi connectivity index (χ0) is 41.0. The van der Waals surface area contributed by atoms with Gasteiger partial charge >= 0.3 is 0 Å². The highest BCUT2D eigenvalue weighted by Crippen LogP contribution is 2.32. The normalized spacial score (nSPS) is 11.5. The highest BCUT2D eigenvalue weighted by Gasteiger charge is 2.24. The third kappa shape index (κ3) is 8.15. The predicted molar refractivity (Wildman–Crippen MR) is 211 cm³/mol. The fraction of sp³-hybridized carbons (Fsp3) is 0.324. The van der Waals surface area contributed by atoms with Gasteiger partial charge in [0, 0.05) is 44.5 Å². The van der Waals surface area contributed by atoms with Crippen molar-refractivity contribution in [2.45, 2.75) is 66.7 Å². The van der Waals surface area contributed by atoms with Crippen LogP contribution in [0, 0.1) is 13.8 Å². The van der Waals surface area contributed by atoms with Crippen LogP contribution in [-0.2, 0) is 26.2 Å². The molecule has 0 aliphatic rings. The van der Waals surface area contributed by atoms with Gasteiger partial charge in [-0.15, -0.1) is 0 Å². The fourth-order valence-corrected chi connectivity index (χ4v) is 6.28. The van der Waals surface area contributed by atoms with Crippen molar-refractivity contribution in [3.8, 4) is 5.75 Å². The minimum absolute atomic E-state index is 0.0154. The number of aliphatic hydroxyl groups excluding tert-OH is 1. The van der Waals surface area contributed by atoms with Gasteiger partial charge in [-0.1, -0.05) is 12.2 Å². The van der Waals surface area contributed by atoms with Crippen molar-refractivity contribution in [3.05, 3.63) is 76.5 Å². The summed E-state index contributed by atoms with van der Waals surface area (Å²) in [5.41, 5.74) is 21.1. The Kier molecular flexibility index (Phi) is 11.6. The number of carbonyl (C=O) groups excluding carboxylic acids is 4. The quantitative estimate of drug-likeness (QED) is 0.0575. The number of rotatable bonds is 17. The van der Waals surface area contributed by atoms with Crippen molar-refractivity contribution in [2.75, 3.05) is 29.6 Å². The Morgan fingerprint density at radius 2 is 1.47 bits per heavy atom. The number of amides is 4. The first-order valence-electron chi connectivity index (χ1n) is 18.2. The summed E-state index contributed by atoms with van der Waals surface area (Å²) in [4.78, 5) is 65.2. The number of aryl methyl sites for hydroxylation is 4. The van der Waals surface area contributed by atoms with E-state index in [1.165, 1.54) is 29.1 Å². The van der Waals surface area contributed by atoms with Crippen molar-refractivity contribution < 1.29 is 29.0 Å². The second kappa shape index (κ2) is 16.7. The zero-order valence-electron chi connectivity index (χ0n) is 31.9. The number of unbranched alkanes of at least 4 members (excludes halogenated alkanes) is 1. The van der Waals surface area contributed by atoms with Gasteiger partial charge in [0.15, 0.2) is 5.65 Å². The van der Waals surface area contributed by atoms with Crippen LogP contribution in [0.2, 0.25) is 0 Å². The van der Waals surface area contributed by atoms with E-state index in [1.54, 1.807) is 45.9 Å². The number of nitrogens with two attached hydrogens (primary N) is 3. The number of primary amides is 2. The van der Waals surface area contributed by atoms with E-state index >= 15 is 0 Å². The Bertz CT molecular complexity index is 2540. The topological polar surface area (TPSA) is 284 Å². The maximum atomic E-state index is 13.8. The summed E-state index contributed by atoms with van der Waals surface area (Å²) in [5, 5.41) is 23.7. The number of imidazole rings is 2. The summed E-state index contributed by atoms with van der Waals surface area (Å²) in [6.07, 6.45) is 5.96. The molecule has 298 valence electrons. The number of anilines is 3. The first-order valence-corrected chi connectivity index (χ1v) is 18.2. The molecule has 20 nitrogen and oxygen atoms in total. The predicted octanol–water partition coefficient (Wildman–Crippen LogP) is 2.52. The molecule has 0 spiro atoms. The number of aliphatic hydroxyl groups is 1. The molecule has 6 rings (SSSR count). The van der Waals surface area contributed by atoms with Gasteiger partial charge in [-0.05, 0) is 64.8 Å². The van der Waals surface area contributed by atoms with Crippen LogP contribution in [0.1, 0.15) is 79.8 Å². The molecule has 0 unspecified atom stereocenters. The van der Waals surface area contributed by atoms with Crippen molar-refractivity contribution in [2.24, 2.45) is 11.5 Å². The lowest BCUT2D eigenvalue weighted by Gasteiger charge is -2.13. The lowest BCUT2D eigenvalue weighted by molar-refractivity contribution is 0.0991. The van der Waals surface area contributed by atoms with Crippen LogP contribution < -0.4 is 32.6 Å². The van der Waals surface area contributed by atoms with Crippen LogP contribution in [-0.4, -0.2) is 85.6 Å². The van der Waals surface area contributed by atoms with Crippen molar-refractivity contribution in [1.82, 2.24) is 43.6 Å². The van der Waals surface area contributed by atoms with Gasteiger partial charge in [0.1, 0.15) is 28.2 Å². The molecule has 0 radical (unpaired) electrons. The number of allylic oxidation sites excluding steroid dienone is 2. The molecule has 20 heteroatoms. The van der Waals surface area contributed by atoms with Crippen LogP contribution in [0.15, 0.2) is 42.6 Å². The van der Waals surface area contributed by atoms with E-state index in [0.717, 1.165) is 0 Å². The van der Waals surface area contributed by atoms with Crippen LogP contribution in [0.25, 0.3) is 22.2 Å². The van der Waals surface area contributed by atoms with E-state index in [-0.39, 0.29) is 66.5 Å². The Morgan fingerprint density at radius 3 is 2.16 bits per heavy atom. The van der Waals surface area contributed by atoms with E-state index in [9.17, 15) is 24.3 Å². The maximum Gasteiger partial charge on any atom is 0.278 e. The van der Waals surface area contributed by atoms with Gasteiger partial charge in [-0.2, -0.15) is 10.2 Å². The molecular formula is C37H44N14O6. The third-order valence-electron chi connectivity index (χ3n) is 9.09. The molecule has 0 aliphatic carbocycles. The number of aromatic nitrogens is 9. The minimum atomic E-state index is -0.700. The number of ether oxygens (including phenoxy) is 1. The number of benzene rings is 1. The number of hydrogen-bond acceptors (Lipinski definition) is 12. The number of nitrogens with zero attached hydrogens (tertiary/aromatic N) is 9. The Hall–Kier alpha value is -7.09. The Morgan fingerprint density at radius 1 is 0.825 bits per heavy atom. The summed E-state index contributed by atoms with van der Waals surface area (Å²) < 4.78 is 12.5. The minimum Gasteiger partial charge on any atom is -0.491 e. The van der Waals surface area contributed by atoms with Crippen LogP contribution in [0.5, 0.6) is 5.75 Å². The second-order valence-corrected chi connectivity index (χ2v) is 13.0. The SMILES string of the molecule is CCn1nc(C)cc1C(=O)Nc1nc2cc(C(N)=O)cnc2n1C/C=C/Cn1c(NC(=O)c2c(N)c(C)nn2CC)nc2cc(C(N)=O)cc(OCCCCO)c21. The summed E-state index contributed by atoms with van der Waals surface area (Å²) >= 11 is 0. The highest BCUT2D eigenvalue weighted by molar-refractivity contribution is 6.07. The molecule has 0 saturated carbocycles. The van der Waals surface area contributed by atoms with Crippen LogP contribution in [0.4, 0.5) is 17.6 Å². The lowest BCUT2D eigenvalue weighted by atomic mass is 10.1.